The number of nitrogens with one attached hydrogen (secondary N) is 1. The monoisotopic (exact) mass is 264 g/mol. The molecule has 1 aromatic carbocycles. The average Bonchev–Trinajstić information content (AvgIpc) is 3.19. The van der Waals surface area contributed by atoms with Gasteiger partial charge in [0.1, 0.15) is 0 Å². The zero-order valence-corrected chi connectivity index (χ0v) is 10.9. The van der Waals surface area contributed by atoms with Gasteiger partial charge >= 0.3 is 5.97 Å². The van der Waals surface area contributed by atoms with Crippen LogP contribution in [0.25, 0.3) is 0 Å². The van der Waals surface area contributed by atoms with Crippen molar-refractivity contribution in [3.05, 3.63) is 23.8 Å². The van der Waals surface area contributed by atoms with Gasteiger partial charge in [0.25, 0.3) is 0 Å². The van der Waals surface area contributed by atoms with E-state index in [0.29, 0.717) is 5.69 Å². The summed E-state index contributed by atoms with van der Waals surface area (Å²) in [6.07, 6.45) is 3.53. The highest BCUT2D eigenvalue weighted by molar-refractivity contribution is 5.90. The van der Waals surface area contributed by atoms with Gasteiger partial charge in [-0.3, -0.25) is 0 Å². The fourth-order valence-corrected chi connectivity index (χ4v) is 1.79. The molecule has 2 rings (SSSR count). The van der Waals surface area contributed by atoms with Crippen molar-refractivity contribution in [1.29, 1.82) is 0 Å². The van der Waals surface area contributed by atoms with Crippen LogP contribution in [0, 0.1) is 5.92 Å². The largest absolute Gasteiger partial charge is 0.478 e. The van der Waals surface area contributed by atoms with E-state index in [9.17, 15) is 4.79 Å². The summed E-state index contributed by atoms with van der Waals surface area (Å²) in [6.45, 7) is 2.40. The second-order valence-electron chi connectivity index (χ2n) is 4.91. The molecular weight excluding hydrogens is 244 g/mol. The Morgan fingerprint density at radius 2 is 2.26 bits per heavy atom. The number of benzene rings is 1. The minimum atomic E-state index is -0.966. The molecule has 0 aliphatic heterocycles. The van der Waals surface area contributed by atoms with Gasteiger partial charge in [0.2, 0.25) is 0 Å². The number of nitrogens with two attached hydrogens (primary N) is 1. The minimum Gasteiger partial charge on any atom is -0.478 e. The van der Waals surface area contributed by atoms with Crippen molar-refractivity contribution in [1.82, 2.24) is 0 Å². The molecule has 0 bridgehead atoms. The molecule has 4 N–H and O–H groups in total. The molecule has 5 nitrogen and oxygen atoms in total. The van der Waals surface area contributed by atoms with Gasteiger partial charge in [-0.15, -0.1) is 0 Å². The van der Waals surface area contributed by atoms with E-state index in [1.807, 2.05) is 0 Å². The molecule has 0 radical (unpaired) electrons. The van der Waals surface area contributed by atoms with Crippen molar-refractivity contribution < 1.29 is 14.6 Å². The standard InChI is InChI=1S/C14H20N2O3/c15-12-8-11(14(17)18)4-5-13(12)16-6-1-7-19-9-10-2-3-10/h4-5,8,10,16H,1-3,6-7,9,15H2,(H,17,18). The quantitative estimate of drug-likeness (QED) is 0.495. The summed E-state index contributed by atoms with van der Waals surface area (Å²) in [6, 6.07) is 4.71. The van der Waals surface area contributed by atoms with Crippen molar-refractivity contribution in [2.24, 2.45) is 5.92 Å². The minimum absolute atomic E-state index is 0.204. The zero-order chi connectivity index (χ0) is 13.7. The van der Waals surface area contributed by atoms with Crippen LogP contribution in [0.1, 0.15) is 29.6 Å². The van der Waals surface area contributed by atoms with E-state index in [0.717, 1.165) is 37.8 Å². The number of hydrogen-bond donors (Lipinski definition) is 3. The Morgan fingerprint density at radius 3 is 2.89 bits per heavy atom. The second-order valence-corrected chi connectivity index (χ2v) is 4.91. The number of carboxylic acids is 1. The number of carboxylic acid groups (broad SMARTS) is 1. The third-order valence-corrected chi connectivity index (χ3v) is 3.13. The molecule has 1 saturated carbocycles. The van der Waals surface area contributed by atoms with Crippen LogP contribution in [0.3, 0.4) is 0 Å². The SMILES string of the molecule is Nc1cc(C(=O)O)ccc1NCCCOCC1CC1. The van der Waals surface area contributed by atoms with Gasteiger partial charge in [-0.25, -0.2) is 4.79 Å². The van der Waals surface area contributed by atoms with E-state index in [1.165, 1.54) is 18.9 Å². The van der Waals surface area contributed by atoms with Gasteiger partial charge in [-0.1, -0.05) is 0 Å². The Kier molecular flexibility index (Phi) is 4.63. The summed E-state index contributed by atoms with van der Waals surface area (Å²) in [5, 5.41) is 12.0. The van der Waals surface area contributed by atoms with Crippen LogP contribution >= 0.6 is 0 Å². The lowest BCUT2D eigenvalue weighted by Gasteiger charge is -2.10. The zero-order valence-electron chi connectivity index (χ0n) is 10.9. The van der Waals surface area contributed by atoms with Crippen LogP contribution in [0.2, 0.25) is 0 Å². The number of ether oxygens (including phenoxy) is 1. The molecule has 1 aromatic rings. The molecular formula is C14H20N2O3. The molecule has 1 aliphatic carbocycles. The number of nitrogen functional groups attached to an aromatic ring is 1. The summed E-state index contributed by atoms with van der Waals surface area (Å²) in [4.78, 5) is 10.8. The smallest absolute Gasteiger partial charge is 0.335 e. The number of carbonyl (C=O) groups is 1. The molecule has 1 fully saturated rings. The maximum atomic E-state index is 10.8. The van der Waals surface area contributed by atoms with Gasteiger partial charge < -0.3 is 20.9 Å². The van der Waals surface area contributed by atoms with Gasteiger partial charge in [-0.05, 0) is 43.4 Å². The molecule has 0 heterocycles. The van der Waals surface area contributed by atoms with Crippen LogP contribution in [0.4, 0.5) is 11.4 Å². The molecule has 0 unspecified atom stereocenters. The first-order chi connectivity index (χ1) is 9.16. The first kappa shape index (κ1) is 13.7. The van der Waals surface area contributed by atoms with Crippen molar-refractivity contribution in [2.75, 3.05) is 30.8 Å². The Morgan fingerprint density at radius 1 is 1.47 bits per heavy atom. The first-order valence-electron chi connectivity index (χ1n) is 6.61. The van der Waals surface area contributed by atoms with E-state index in [1.54, 1.807) is 12.1 Å². The summed E-state index contributed by atoms with van der Waals surface area (Å²) in [5.74, 6) is -0.168. The van der Waals surface area contributed by atoms with E-state index in [2.05, 4.69) is 5.32 Å². The molecule has 5 heteroatoms. The fourth-order valence-electron chi connectivity index (χ4n) is 1.79. The van der Waals surface area contributed by atoms with Crippen molar-refractivity contribution in [3.8, 4) is 0 Å². The lowest BCUT2D eigenvalue weighted by atomic mass is 10.1. The maximum absolute atomic E-state index is 10.8. The number of hydrogen-bond acceptors (Lipinski definition) is 4. The molecule has 1 aliphatic rings. The fraction of sp³-hybridized carbons (Fsp3) is 0.500. The maximum Gasteiger partial charge on any atom is 0.335 e. The van der Waals surface area contributed by atoms with Crippen molar-refractivity contribution >= 4 is 17.3 Å². The third-order valence-electron chi connectivity index (χ3n) is 3.13. The number of rotatable bonds is 8. The molecule has 0 amide bonds. The highest BCUT2D eigenvalue weighted by Gasteiger charge is 2.20. The third kappa shape index (κ3) is 4.44. The predicted molar refractivity (Wildman–Crippen MR) is 74.5 cm³/mol. The lowest BCUT2D eigenvalue weighted by Crippen LogP contribution is -2.09. The van der Waals surface area contributed by atoms with Gasteiger partial charge in [0.05, 0.1) is 16.9 Å². The lowest BCUT2D eigenvalue weighted by molar-refractivity contribution is 0.0697. The number of aromatic carboxylic acids is 1. The van der Waals surface area contributed by atoms with E-state index in [-0.39, 0.29) is 5.56 Å². The summed E-state index contributed by atoms with van der Waals surface area (Å²) < 4.78 is 5.53. The summed E-state index contributed by atoms with van der Waals surface area (Å²) in [5.41, 5.74) is 7.22. The molecule has 104 valence electrons. The van der Waals surface area contributed by atoms with Crippen LogP contribution in [0.15, 0.2) is 18.2 Å². The van der Waals surface area contributed by atoms with Crippen molar-refractivity contribution in [3.63, 3.8) is 0 Å². The van der Waals surface area contributed by atoms with E-state index in [4.69, 9.17) is 15.6 Å². The molecule has 0 saturated heterocycles. The Bertz CT molecular complexity index is 444. The first-order valence-corrected chi connectivity index (χ1v) is 6.61. The second kappa shape index (κ2) is 6.43. The Labute approximate surface area is 112 Å². The van der Waals surface area contributed by atoms with Crippen LogP contribution in [0.5, 0.6) is 0 Å². The van der Waals surface area contributed by atoms with Gasteiger partial charge in [-0.2, -0.15) is 0 Å². The topological polar surface area (TPSA) is 84.6 Å². The van der Waals surface area contributed by atoms with E-state index >= 15 is 0 Å². The Hall–Kier alpha value is -1.75. The van der Waals surface area contributed by atoms with Crippen LogP contribution in [-0.4, -0.2) is 30.8 Å². The normalized spacial score (nSPS) is 14.3. The Balaban J connectivity index is 1.68. The highest BCUT2D eigenvalue weighted by Crippen LogP contribution is 2.28. The highest BCUT2D eigenvalue weighted by atomic mass is 16.5. The number of anilines is 2. The molecule has 0 aromatic heterocycles. The van der Waals surface area contributed by atoms with Gasteiger partial charge in [0.15, 0.2) is 0 Å². The summed E-state index contributed by atoms with van der Waals surface area (Å²) >= 11 is 0. The molecule has 19 heavy (non-hydrogen) atoms. The van der Waals surface area contributed by atoms with Crippen LogP contribution < -0.4 is 11.1 Å². The predicted octanol–water partition coefficient (Wildman–Crippen LogP) is 2.20. The summed E-state index contributed by atoms with van der Waals surface area (Å²) in [7, 11) is 0. The molecule has 0 atom stereocenters. The van der Waals surface area contributed by atoms with Gasteiger partial charge in [0, 0.05) is 19.8 Å². The average molecular weight is 264 g/mol. The van der Waals surface area contributed by atoms with Crippen LogP contribution in [-0.2, 0) is 4.74 Å². The molecule has 0 spiro atoms. The van der Waals surface area contributed by atoms with Crippen molar-refractivity contribution in [2.45, 2.75) is 19.3 Å². The van der Waals surface area contributed by atoms with E-state index < -0.39 is 5.97 Å².